The van der Waals surface area contributed by atoms with Crippen LogP contribution in [0.15, 0.2) is 182 Å². The van der Waals surface area contributed by atoms with Crippen molar-refractivity contribution in [3.8, 4) is 28.4 Å². The highest BCUT2D eigenvalue weighted by molar-refractivity contribution is 7.20. The summed E-state index contributed by atoms with van der Waals surface area (Å²) in [5.74, 6) is 2.80. The number of benzene rings is 7. The molecule has 2 aliphatic heterocycles. The molecule has 0 saturated heterocycles. The van der Waals surface area contributed by atoms with Crippen LogP contribution in [-0.4, -0.2) is 55.8 Å². The molecule has 0 amide bonds. The molecule has 0 radical (unpaired) electrons. The third kappa shape index (κ3) is 7.56. The molecule has 0 bridgehead atoms. The molecule has 57 heavy (non-hydrogen) atoms. The van der Waals surface area contributed by atoms with E-state index >= 15 is 0 Å². The van der Waals surface area contributed by atoms with E-state index in [2.05, 4.69) is 182 Å². The second kappa shape index (κ2) is 16.3. The molecule has 0 aromatic heterocycles. The summed E-state index contributed by atoms with van der Waals surface area (Å²) < 4.78 is 22.3. The van der Waals surface area contributed by atoms with E-state index in [0.717, 1.165) is 39.6 Å². The first kappa shape index (κ1) is 37.4. The minimum absolute atomic E-state index is 0.000498. The molecule has 0 aliphatic carbocycles. The first-order valence-electron chi connectivity index (χ1n) is 19.5. The monoisotopic (exact) mass is 764 g/mol. The lowest BCUT2D eigenvalue weighted by Gasteiger charge is -2.36. The van der Waals surface area contributed by atoms with Gasteiger partial charge in [0.25, 0.3) is 13.5 Å². The van der Waals surface area contributed by atoms with Crippen LogP contribution in [-0.2, 0) is 0 Å². The number of fused-ring (bicyclic) bond motifs is 2. The zero-order chi connectivity index (χ0) is 39.2. The number of nitrogens with zero attached hydrogens (tertiary/aromatic N) is 2. The number of rotatable bonds is 7. The third-order valence-electron chi connectivity index (χ3n) is 10.8. The van der Waals surface area contributed by atoms with E-state index < -0.39 is 8.07 Å². The Labute approximate surface area is 337 Å². The van der Waals surface area contributed by atoms with Gasteiger partial charge in [-0.05, 0) is 71.3 Å². The first-order valence-corrected chi connectivity index (χ1v) is 21.5. The van der Waals surface area contributed by atoms with Crippen molar-refractivity contribution in [1.29, 1.82) is 0 Å². The lowest BCUT2D eigenvalue weighted by atomic mass is 10.0. The molecule has 0 fully saturated rings. The molecule has 9 rings (SSSR count). The van der Waals surface area contributed by atoms with Gasteiger partial charge < -0.3 is 14.2 Å². The van der Waals surface area contributed by atoms with Crippen molar-refractivity contribution in [2.45, 2.75) is 26.3 Å². The molecule has 0 N–H and O–H groups in total. The summed E-state index contributed by atoms with van der Waals surface area (Å²) >= 11 is 0. The van der Waals surface area contributed by atoms with Gasteiger partial charge in [0.05, 0.1) is 18.2 Å². The normalized spacial score (nSPS) is 13.3. The number of hydrogen-bond acceptors (Lipinski definition) is 3. The SMILES string of the molecule is CC(C)(C)[N+]1=Cc2cccc([Si](c3ccccc3)(c3ccccc3)c3ccccc3)c2OC1.COc1ccc([N+]2=Cc3cccc(-c4ccccc4)c3OC2)cc1. The molecule has 0 spiro atoms. The van der Waals surface area contributed by atoms with E-state index in [1.165, 1.54) is 26.3 Å². The topological polar surface area (TPSA) is 33.7 Å². The molecule has 2 aliphatic rings. The van der Waals surface area contributed by atoms with Gasteiger partial charge in [0, 0.05) is 17.7 Å². The van der Waals surface area contributed by atoms with Crippen molar-refractivity contribution in [3.05, 3.63) is 193 Å². The molecular formula is C51H48N2O3Si+2. The Bertz CT molecular complexity index is 2420. The summed E-state index contributed by atoms with van der Waals surface area (Å²) in [7, 11) is -0.938. The zero-order valence-corrected chi connectivity index (χ0v) is 34.0. The number of methoxy groups -OCH3 is 1. The Balaban J connectivity index is 0.000000168. The van der Waals surface area contributed by atoms with Crippen molar-refractivity contribution in [2.24, 2.45) is 0 Å². The van der Waals surface area contributed by atoms with Gasteiger partial charge in [-0.1, -0.05) is 146 Å². The molecule has 0 unspecified atom stereocenters. The Kier molecular flexibility index (Phi) is 10.7. The van der Waals surface area contributed by atoms with Gasteiger partial charge in [0.15, 0.2) is 26.0 Å². The van der Waals surface area contributed by atoms with Crippen molar-refractivity contribution >= 4 is 46.9 Å². The maximum Gasteiger partial charge on any atom is 0.292 e. The highest BCUT2D eigenvalue weighted by atomic mass is 28.3. The van der Waals surface area contributed by atoms with Crippen molar-refractivity contribution in [3.63, 3.8) is 0 Å². The van der Waals surface area contributed by atoms with E-state index in [4.69, 9.17) is 14.2 Å². The summed E-state index contributed by atoms with van der Waals surface area (Å²) in [6, 6.07) is 64.2. The summed E-state index contributed by atoms with van der Waals surface area (Å²) in [5.41, 5.74) is 5.60. The van der Waals surface area contributed by atoms with Crippen LogP contribution in [0, 0.1) is 0 Å². The van der Waals surface area contributed by atoms with E-state index in [1.807, 2.05) is 42.5 Å². The van der Waals surface area contributed by atoms with Crippen LogP contribution in [0.5, 0.6) is 17.2 Å². The standard InChI is InChI=1S/C30H30NOSi.C21H18NO2/c1-30(2,3)31-22-24-14-13-21-28(29(24)32-23-31)33(25-15-7-4-8-16-25,26-17-9-5-10-18-26)27-19-11-6-12-20-27;1-23-19-12-10-18(11-13-19)22-14-17-8-5-9-20(21(17)24-15-22)16-6-3-2-4-7-16/h4-22H,23H2,1-3H3;2-14H,15H2,1H3/q2*+1. The van der Waals surface area contributed by atoms with Gasteiger partial charge in [-0.25, -0.2) is 0 Å². The smallest absolute Gasteiger partial charge is 0.292 e. The van der Waals surface area contributed by atoms with Gasteiger partial charge in [0.2, 0.25) is 5.69 Å². The molecule has 0 atom stereocenters. The van der Waals surface area contributed by atoms with Crippen molar-refractivity contribution < 1.29 is 23.4 Å². The molecule has 6 heteroatoms. The lowest BCUT2D eigenvalue weighted by Crippen LogP contribution is -2.75. The molecule has 2 heterocycles. The summed E-state index contributed by atoms with van der Waals surface area (Å²) in [6.07, 6.45) is 4.40. The zero-order valence-electron chi connectivity index (χ0n) is 33.0. The second-order valence-corrected chi connectivity index (χ2v) is 19.0. The average Bonchev–Trinajstić information content (AvgIpc) is 3.27. The van der Waals surface area contributed by atoms with E-state index in [0.29, 0.717) is 13.5 Å². The van der Waals surface area contributed by atoms with Crippen LogP contribution in [0.1, 0.15) is 31.9 Å². The minimum atomic E-state index is -2.61. The Morgan fingerprint density at radius 3 is 1.56 bits per heavy atom. The predicted molar refractivity (Wildman–Crippen MR) is 236 cm³/mol. The second-order valence-electron chi connectivity index (χ2n) is 15.3. The molecule has 7 aromatic rings. The fraction of sp³-hybridized carbons (Fsp3) is 0.137. The third-order valence-corrected chi connectivity index (χ3v) is 15.6. The summed E-state index contributed by atoms with van der Waals surface area (Å²) in [5, 5.41) is 5.38. The van der Waals surface area contributed by atoms with Crippen LogP contribution in [0.2, 0.25) is 0 Å². The maximum atomic E-state index is 6.59. The Hall–Kier alpha value is -6.50. The molecule has 0 saturated carbocycles. The lowest BCUT2D eigenvalue weighted by molar-refractivity contribution is -0.619. The Morgan fingerprint density at radius 1 is 0.509 bits per heavy atom. The summed E-state index contributed by atoms with van der Waals surface area (Å²) in [6.45, 7) is 7.70. The van der Waals surface area contributed by atoms with Crippen LogP contribution >= 0.6 is 0 Å². The van der Waals surface area contributed by atoms with E-state index in [-0.39, 0.29) is 5.54 Å². The van der Waals surface area contributed by atoms with Crippen molar-refractivity contribution in [1.82, 2.24) is 0 Å². The van der Waals surface area contributed by atoms with Crippen LogP contribution < -0.4 is 35.0 Å². The van der Waals surface area contributed by atoms with Crippen molar-refractivity contribution in [2.75, 3.05) is 20.6 Å². The number of hydrogen-bond donors (Lipinski definition) is 0. The number of para-hydroxylation sites is 2. The molecule has 7 aromatic carbocycles. The average molecular weight is 765 g/mol. The van der Waals surface area contributed by atoms with Gasteiger partial charge >= 0.3 is 0 Å². The van der Waals surface area contributed by atoms with E-state index in [1.54, 1.807) is 7.11 Å². The molecule has 5 nitrogen and oxygen atoms in total. The van der Waals surface area contributed by atoms with Crippen LogP contribution in [0.4, 0.5) is 5.69 Å². The summed E-state index contributed by atoms with van der Waals surface area (Å²) in [4.78, 5) is 0. The van der Waals surface area contributed by atoms with Crippen LogP contribution in [0.3, 0.4) is 0 Å². The highest BCUT2D eigenvalue weighted by Crippen LogP contribution is 2.35. The molecular weight excluding hydrogens is 717 g/mol. The van der Waals surface area contributed by atoms with Crippen LogP contribution in [0.25, 0.3) is 11.1 Å². The maximum absolute atomic E-state index is 6.59. The minimum Gasteiger partial charge on any atom is -0.497 e. The quantitative estimate of drug-likeness (QED) is 0.0935. The largest absolute Gasteiger partial charge is 0.497 e. The Morgan fingerprint density at radius 2 is 1.02 bits per heavy atom. The first-order chi connectivity index (χ1) is 27.9. The van der Waals surface area contributed by atoms with E-state index in [9.17, 15) is 0 Å². The van der Waals surface area contributed by atoms with Gasteiger partial charge in [-0.2, -0.15) is 9.15 Å². The fourth-order valence-electron chi connectivity index (χ4n) is 7.80. The highest BCUT2D eigenvalue weighted by Gasteiger charge is 2.45. The van der Waals surface area contributed by atoms with Gasteiger partial charge in [-0.15, -0.1) is 0 Å². The predicted octanol–water partition coefficient (Wildman–Crippen LogP) is 8.12. The fourth-order valence-corrected chi connectivity index (χ4v) is 12.7. The van der Waals surface area contributed by atoms with Gasteiger partial charge in [0.1, 0.15) is 17.2 Å². The number of ether oxygens (including phenoxy) is 3. The molecule has 282 valence electrons. The van der Waals surface area contributed by atoms with Gasteiger partial charge in [-0.3, -0.25) is 0 Å².